The van der Waals surface area contributed by atoms with Crippen molar-refractivity contribution in [2.24, 2.45) is 0 Å². The predicted molar refractivity (Wildman–Crippen MR) is 119 cm³/mol. The molecule has 0 aliphatic carbocycles. The topological polar surface area (TPSA) is 33.7 Å². The van der Waals surface area contributed by atoms with Crippen LogP contribution in [0.3, 0.4) is 0 Å². The molecule has 0 saturated carbocycles. The SMILES string of the molecule is c1ccc(CN2CC[C@H](NCc3ccc4c(c3)OCO4)[C@H](c3ccccc3)C2)cc1. The van der Waals surface area contributed by atoms with Gasteiger partial charge in [0.05, 0.1) is 0 Å². The van der Waals surface area contributed by atoms with Gasteiger partial charge in [0.25, 0.3) is 0 Å². The Labute approximate surface area is 178 Å². The van der Waals surface area contributed by atoms with Crippen molar-refractivity contribution in [3.63, 3.8) is 0 Å². The van der Waals surface area contributed by atoms with Gasteiger partial charge in [-0.2, -0.15) is 0 Å². The van der Waals surface area contributed by atoms with Gasteiger partial charge < -0.3 is 14.8 Å². The van der Waals surface area contributed by atoms with E-state index in [1.54, 1.807) is 0 Å². The molecule has 154 valence electrons. The van der Waals surface area contributed by atoms with Gasteiger partial charge in [0.15, 0.2) is 11.5 Å². The van der Waals surface area contributed by atoms with Crippen LogP contribution in [0.2, 0.25) is 0 Å². The van der Waals surface area contributed by atoms with E-state index >= 15 is 0 Å². The van der Waals surface area contributed by atoms with Gasteiger partial charge >= 0.3 is 0 Å². The molecule has 0 bridgehead atoms. The summed E-state index contributed by atoms with van der Waals surface area (Å²) in [4.78, 5) is 2.59. The summed E-state index contributed by atoms with van der Waals surface area (Å²) in [7, 11) is 0. The second-order valence-corrected chi connectivity index (χ2v) is 8.20. The average molecular weight is 401 g/mol. The molecule has 2 atom stereocenters. The van der Waals surface area contributed by atoms with Gasteiger partial charge in [-0.1, -0.05) is 66.7 Å². The van der Waals surface area contributed by atoms with Crippen molar-refractivity contribution in [1.29, 1.82) is 0 Å². The molecule has 0 radical (unpaired) electrons. The van der Waals surface area contributed by atoms with E-state index in [4.69, 9.17) is 9.47 Å². The standard InChI is InChI=1S/C26H28N2O2/c1-3-7-20(8-4-1)17-28-14-13-24(23(18-28)22-9-5-2-6-10-22)27-16-21-11-12-25-26(15-21)30-19-29-25/h1-12,15,23-24,27H,13-14,16-19H2/t23-,24-/m0/s1. The molecule has 1 N–H and O–H groups in total. The first kappa shape index (κ1) is 19.2. The Kier molecular flexibility index (Phi) is 5.69. The third-order valence-electron chi connectivity index (χ3n) is 6.18. The Morgan fingerprint density at radius 2 is 1.60 bits per heavy atom. The first-order valence-electron chi connectivity index (χ1n) is 10.8. The van der Waals surface area contributed by atoms with E-state index in [1.165, 1.54) is 16.7 Å². The molecule has 5 rings (SSSR count). The van der Waals surface area contributed by atoms with Crippen LogP contribution in [0.15, 0.2) is 78.9 Å². The van der Waals surface area contributed by atoms with Crippen LogP contribution in [0.5, 0.6) is 11.5 Å². The van der Waals surface area contributed by atoms with Gasteiger partial charge in [-0.25, -0.2) is 0 Å². The van der Waals surface area contributed by atoms with Gasteiger partial charge in [0.1, 0.15) is 0 Å². The highest BCUT2D eigenvalue weighted by Crippen LogP contribution is 2.33. The molecule has 2 aliphatic heterocycles. The number of piperidine rings is 1. The van der Waals surface area contributed by atoms with Gasteiger partial charge in [-0.3, -0.25) is 4.90 Å². The van der Waals surface area contributed by atoms with Crippen LogP contribution < -0.4 is 14.8 Å². The van der Waals surface area contributed by atoms with Crippen LogP contribution in [0.25, 0.3) is 0 Å². The third kappa shape index (κ3) is 4.35. The van der Waals surface area contributed by atoms with Crippen molar-refractivity contribution < 1.29 is 9.47 Å². The van der Waals surface area contributed by atoms with Crippen molar-refractivity contribution in [2.45, 2.75) is 31.5 Å². The number of rotatable bonds is 6. The van der Waals surface area contributed by atoms with Crippen molar-refractivity contribution in [2.75, 3.05) is 19.9 Å². The molecule has 4 heteroatoms. The van der Waals surface area contributed by atoms with Gasteiger partial charge in [0.2, 0.25) is 6.79 Å². The maximum absolute atomic E-state index is 5.54. The highest BCUT2D eigenvalue weighted by atomic mass is 16.7. The minimum Gasteiger partial charge on any atom is -0.454 e. The Morgan fingerprint density at radius 3 is 2.43 bits per heavy atom. The van der Waals surface area contributed by atoms with E-state index in [1.807, 2.05) is 6.07 Å². The van der Waals surface area contributed by atoms with Gasteiger partial charge in [0, 0.05) is 38.1 Å². The average Bonchev–Trinajstić information content (AvgIpc) is 3.27. The fourth-order valence-corrected chi connectivity index (χ4v) is 4.59. The molecule has 1 saturated heterocycles. The Morgan fingerprint density at radius 1 is 0.833 bits per heavy atom. The highest BCUT2D eigenvalue weighted by molar-refractivity contribution is 5.44. The molecule has 2 heterocycles. The number of likely N-dealkylation sites (tertiary alicyclic amines) is 1. The lowest BCUT2D eigenvalue weighted by atomic mass is 9.85. The summed E-state index contributed by atoms with van der Waals surface area (Å²) in [6, 6.07) is 28.4. The van der Waals surface area contributed by atoms with E-state index in [0.29, 0.717) is 18.8 Å². The fourth-order valence-electron chi connectivity index (χ4n) is 4.59. The minimum absolute atomic E-state index is 0.322. The summed E-state index contributed by atoms with van der Waals surface area (Å²) in [6.07, 6.45) is 1.14. The number of nitrogens with zero attached hydrogens (tertiary/aromatic N) is 1. The molecular formula is C26H28N2O2. The Bertz CT molecular complexity index is 961. The summed E-state index contributed by atoms with van der Waals surface area (Å²) in [5, 5.41) is 3.84. The summed E-state index contributed by atoms with van der Waals surface area (Å²) >= 11 is 0. The van der Waals surface area contributed by atoms with E-state index in [0.717, 1.165) is 44.1 Å². The molecule has 3 aromatic rings. The van der Waals surface area contributed by atoms with E-state index < -0.39 is 0 Å². The highest BCUT2D eigenvalue weighted by Gasteiger charge is 2.30. The number of hydrogen-bond acceptors (Lipinski definition) is 4. The Balaban J connectivity index is 1.28. The summed E-state index contributed by atoms with van der Waals surface area (Å²) in [5.74, 6) is 2.17. The lowest BCUT2D eigenvalue weighted by Crippen LogP contribution is -2.47. The first-order valence-corrected chi connectivity index (χ1v) is 10.8. The van der Waals surface area contributed by atoms with Crippen molar-refractivity contribution in [1.82, 2.24) is 10.2 Å². The molecule has 30 heavy (non-hydrogen) atoms. The van der Waals surface area contributed by atoms with Crippen LogP contribution in [0.1, 0.15) is 29.0 Å². The monoisotopic (exact) mass is 400 g/mol. The maximum atomic E-state index is 5.54. The molecule has 2 aliphatic rings. The number of nitrogens with one attached hydrogen (secondary N) is 1. The van der Waals surface area contributed by atoms with E-state index in [2.05, 4.69) is 83.0 Å². The largest absolute Gasteiger partial charge is 0.454 e. The van der Waals surface area contributed by atoms with Gasteiger partial charge in [-0.05, 0) is 35.2 Å². The number of ether oxygens (including phenoxy) is 2. The lowest BCUT2D eigenvalue weighted by molar-refractivity contribution is 0.166. The van der Waals surface area contributed by atoms with Gasteiger partial charge in [-0.15, -0.1) is 0 Å². The zero-order valence-electron chi connectivity index (χ0n) is 17.2. The predicted octanol–water partition coefficient (Wildman–Crippen LogP) is 4.56. The summed E-state index contributed by atoms with van der Waals surface area (Å²) in [5.41, 5.74) is 4.03. The molecule has 0 aromatic heterocycles. The molecular weight excluding hydrogens is 372 g/mol. The van der Waals surface area contributed by atoms with Crippen molar-refractivity contribution in [3.8, 4) is 11.5 Å². The van der Waals surface area contributed by atoms with Crippen LogP contribution in [-0.4, -0.2) is 30.8 Å². The zero-order valence-corrected chi connectivity index (χ0v) is 17.2. The fraction of sp³-hybridized carbons (Fsp3) is 0.308. The molecule has 0 spiro atoms. The zero-order chi connectivity index (χ0) is 20.2. The van der Waals surface area contributed by atoms with Crippen LogP contribution in [-0.2, 0) is 13.1 Å². The molecule has 0 unspecified atom stereocenters. The Hall–Kier alpha value is -2.82. The quantitative estimate of drug-likeness (QED) is 0.658. The minimum atomic E-state index is 0.322. The number of fused-ring (bicyclic) bond motifs is 1. The summed E-state index contributed by atoms with van der Waals surface area (Å²) in [6.45, 7) is 4.35. The lowest BCUT2D eigenvalue weighted by Gasteiger charge is -2.39. The van der Waals surface area contributed by atoms with E-state index in [9.17, 15) is 0 Å². The first-order chi connectivity index (χ1) is 14.8. The summed E-state index contributed by atoms with van der Waals surface area (Å²) < 4.78 is 11.0. The van der Waals surface area contributed by atoms with Crippen molar-refractivity contribution in [3.05, 3.63) is 95.6 Å². The van der Waals surface area contributed by atoms with Crippen LogP contribution >= 0.6 is 0 Å². The van der Waals surface area contributed by atoms with E-state index in [-0.39, 0.29) is 0 Å². The molecule has 1 fully saturated rings. The molecule has 4 nitrogen and oxygen atoms in total. The van der Waals surface area contributed by atoms with Crippen molar-refractivity contribution >= 4 is 0 Å². The molecule has 0 amide bonds. The molecule has 3 aromatic carbocycles. The van der Waals surface area contributed by atoms with Crippen LogP contribution in [0, 0.1) is 0 Å². The second kappa shape index (κ2) is 8.90. The third-order valence-corrected chi connectivity index (χ3v) is 6.18. The number of hydrogen-bond donors (Lipinski definition) is 1. The smallest absolute Gasteiger partial charge is 0.231 e. The second-order valence-electron chi connectivity index (χ2n) is 8.20. The number of benzene rings is 3. The maximum Gasteiger partial charge on any atom is 0.231 e. The normalized spacial score (nSPS) is 20.9. The van der Waals surface area contributed by atoms with Crippen LogP contribution in [0.4, 0.5) is 0 Å².